The van der Waals surface area contributed by atoms with Gasteiger partial charge in [-0.3, -0.25) is 10.1 Å². The van der Waals surface area contributed by atoms with E-state index in [1.54, 1.807) is 18.3 Å². The van der Waals surface area contributed by atoms with Gasteiger partial charge in [-0.1, -0.05) is 6.42 Å². The molecule has 2 rings (SSSR count). The molecule has 0 unspecified atom stereocenters. The second-order valence-electron chi connectivity index (χ2n) is 4.77. The lowest BCUT2D eigenvalue weighted by molar-refractivity contribution is -0.383. The van der Waals surface area contributed by atoms with Crippen molar-refractivity contribution in [1.29, 1.82) is 0 Å². The Kier molecular flexibility index (Phi) is 5.80. The molecule has 1 aromatic heterocycles. The maximum atomic E-state index is 11.0. The maximum absolute atomic E-state index is 11.0. The molecule has 0 aliphatic carbocycles. The van der Waals surface area contributed by atoms with Crippen molar-refractivity contribution in [2.75, 3.05) is 23.9 Å². The molecule has 5 nitrogen and oxygen atoms in total. The van der Waals surface area contributed by atoms with Gasteiger partial charge in [0.25, 0.3) is 5.69 Å². The second-order valence-corrected chi connectivity index (χ2v) is 5.75. The van der Waals surface area contributed by atoms with Crippen molar-refractivity contribution in [2.24, 2.45) is 0 Å². The number of nitro groups is 1. The minimum atomic E-state index is -0.387. The third kappa shape index (κ3) is 4.07. The molecule has 0 saturated heterocycles. The average Bonchev–Trinajstić information content (AvgIpc) is 2.50. The number of thioether (sulfide) groups is 1. The standard InChI is InChI=1S/C15H19N3O2S/c1-21-11-4-2-3-9-16-13-7-8-14(18(19)20)15-12(13)6-5-10-17-15/h5-8,10,16H,2-4,9,11H2,1H3. The topological polar surface area (TPSA) is 68.1 Å². The smallest absolute Gasteiger partial charge is 0.295 e. The van der Waals surface area contributed by atoms with Crippen LogP contribution in [0, 0.1) is 10.1 Å². The first kappa shape index (κ1) is 15.6. The molecule has 112 valence electrons. The summed E-state index contributed by atoms with van der Waals surface area (Å²) in [6.07, 6.45) is 7.22. The van der Waals surface area contributed by atoms with Crippen LogP contribution in [0.3, 0.4) is 0 Å². The Labute approximate surface area is 128 Å². The van der Waals surface area contributed by atoms with Crippen molar-refractivity contribution < 1.29 is 4.92 Å². The largest absolute Gasteiger partial charge is 0.384 e. The van der Waals surface area contributed by atoms with E-state index in [1.807, 2.05) is 17.8 Å². The third-order valence-corrected chi connectivity index (χ3v) is 3.98. The molecule has 1 heterocycles. The fourth-order valence-corrected chi connectivity index (χ4v) is 2.72. The van der Waals surface area contributed by atoms with E-state index in [-0.39, 0.29) is 10.6 Å². The van der Waals surface area contributed by atoms with E-state index in [2.05, 4.69) is 16.6 Å². The summed E-state index contributed by atoms with van der Waals surface area (Å²) in [5, 5.41) is 15.2. The van der Waals surface area contributed by atoms with E-state index < -0.39 is 0 Å². The van der Waals surface area contributed by atoms with Crippen molar-refractivity contribution >= 4 is 34.0 Å². The minimum absolute atomic E-state index is 0.0520. The lowest BCUT2D eigenvalue weighted by Crippen LogP contribution is -2.03. The predicted octanol–water partition coefficient (Wildman–Crippen LogP) is 4.09. The number of pyridine rings is 1. The van der Waals surface area contributed by atoms with Gasteiger partial charge in [0.15, 0.2) is 0 Å². The van der Waals surface area contributed by atoms with Crippen LogP contribution >= 0.6 is 11.8 Å². The molecule has 0 saturated carbocycles. The summed E-state index contributed by atoms with van der Waals surface area (Å²) in [6.45, 7) is 0.871. The first-order valence-electron chi connectivity index (χ1n) is 6.99. The Hall–Kier alpha value is -1.82. The summed E-state index contributed by atoms with van der Waals surface area (Å²) >= 11 is 1.87. The van der Waals surface area contributed by atoms with Crippen LogP contribution in [0.25, 0.3) is 10.9 Å². The fourth-order valence-electron chi connectivity index (χ4n) is 2.23. The van der Waals surface area contributed by atoms with E-state index in [1.165, 1.54) is 24.7 Å². The molecule has 0 radical (unpaired) electrons. The SMILES string of the molecule is CSCCCCCNc1ccc([N+](=O)[O-])c2ncccc12. The van der Waals surface area contributed by atoms with Crippen molar-refractivity contribution in [3.8, 4) is 0 Å². The molecular weight excluding hydrogens is 286 g/mol. The van der Waals surface area contributed by atoms with Gasteiger partial charge in [-0.2, -0.15) is 11.8 Å². The number of nitrogens with one attached hydrogen (secondary N) is 1. The van der Waals surface area contributed by atoms with Gasteiger partial charge in [-0.05, 0) is 43.0 Å². The number of non-ortho nitro benzene ring substituents is 1. The van der Waals surface area contributed by atoms with Crippen LogP contribution in [-0.4, -0.2) is 28.5 Å². The number of nitro benzene ring substituents is 1. The summed E-state index contributed by atoms with van der Waals surface area (Å²) in [7, 11) is 0. The number of hydrogen-bond acceptors (Lipinski definition) is 5. The Balaban J connectivity index is 2.07. The molecule has 0 spiro atoms. The number of hydrogen-bond donors (Lipinski definition) is 1. The number of aromatic nitrogens is 1. The van der Waals surface area contributed by atoms with E-state index in [0.29, 0.717) is 5.52 Å². The normalized spacial score (nSPS) is 10.7. The van der Waals surface area contributed by atoms with Gasteiger partial charge in [-0.15, -0.1) is 0 Å². The Morgan fingerprint density at radius 1 is 1.29 bits per heavy atom. The lowest BCUT2D eigenvalue weighted by Gasteiger charge is -2.09. The van der Waals surface area contributed by atoms with Crippen LogP contribution in [0.4, 0.5) is 11.4 Å². The third-order valence-electron chi connectivity index (χ3n) is 3.29. The van der Waals surface area contributed by atoms with E-state index in [9.17, 15) is 10.1 Å². The van der Waals surface area contributed by atoms with Crippen LogP contribution in [-0.2, 0) is 0 Å². The Bertz CT molecular complexity index is 619. The van der Waals surface area contributed by atoms with Gasteiger partial charge in [0.05, 0.1) is 4.92 Å². The molecular formula is C15H19N3O2S. The minimum Gasteiger partial charge on any atom is -0.384 e. The van der Waals surface area contributed by atoms with Crippen molar-refractivity contribution in [3.63, 3.8) is 0 Å². The van der Waals surface area contributed by atoms with Gasteiger partial charge >= 0.3 is 0 Å². The van der Waals surface area contributed by atoms with Crippen LogP contribution < -0.4 is 5.32 Å². The van der Waals surface area contributed by atoms with Crippen LogP contribution in [0.2, 0.25) is 0 Å². The molecule has 0 aliphatic heterocycles. The molecule has 0 fully saturated rings. The second kappa shape index (κ2) is 7.83. The number of benzene rings is 1. The number of anilines is 1. The fraction of sp³-hybridized carbons (Fsp3) is 0.400. The number of unbranched alkanes of at least 4 members (excludes halogenated alkanes) is 2. The Morgan fingerprint density at radius 2 is 2.14 bits per heavy atom. The predicted molar refractivity (Wildman–Crippen MR) is 89.1 cm³/mol. The lowest BCUT2D eigenvalue weighted by atomic mass is 10.1. The van der Waals surface area contributed by atoms with Crippen LogP contribution in [0.5, 0.6) is 0 Å². The molecule has 0 amide bonds. The highest BCUT2D eigenvalue weighted by molar-refractivity contribution is 7.98. The van der Waals surface area contributed by atoms with Crippen molar-refractivity contribution in [2.45, 2.75) is 19.3 Å². The van der Waals surface area contributed by atoms with E-state index in [0.717, 1.165) is 24.0 Å². The summed E-state index contributed by atoms with van der Waals surface area (Å²) in [4.78, 5) is 14.8. The quantitative estimate of drug-likeness (QED) is 0.452. The molecule has 1 N–H and O–H groups in total. The van der Waals surface area contributed by atoms with E-state index >= 15 is 0 Å². The summed E-state index contributed by atoms with van der Waals surface area (Å²) in [5.41, 5.74) is 1.40. The van der Waals surface area contributed by atoms with Gasteiger partial charge < -0.3 is 5.32 Å². The van der Waals surface area contributed by atoms with Crippen molar-refractivity contribution in [1.82, 2.24) is 4.98 Å². The van der Waals surface area contributed by atoms with Gasteiger partial charge in [0.1, 0.15) is 5.52 Å². The van der Waals surface area contributed by atoms with Crippen LogP contribution in [0.1, 0.15) is 19.3 Å². The number of nitrogens with zero attached hydrogens (tertiary/aromatic N) is 2. The van der Waals surface area contributed by atoms with Crippen molar-refractivity contribution in [3.05, 3.63) is 40.6 Å². The summed E-state index contributed by atoms with van der Waals surface area (Å²) < 4.78 is 0. The number of rotatable bonds is 8. The summed E-state index contributed by atoms with van der Waals surface area (Å²) in [6, 6.07) is 6.95. The van der Waals surface area contributed by atoms with Gasteiger partial charge in [-0.25, -0.2) is 4.98 Å². The highest BCUT2D eigenvalue weighted by atomic mass is 32.2. The highest BCUT2D eigenvalue weighted by Crippen LogP contribution is 2.29. The maximum Gasteiger partial charge on any atom is 0.295 e. The first-order valence-corrected chi connectivity index (χ1v) is 8.38. The molecule has 0 bridgehead atoms. The van der Waals surface area contributed by atoms with Gasteiger partial charge in [0, 0.05) is 29.9 Å². The Morgan fingerprint density at radius 3 is 2.90 bits per heavy atom. The molecule has 21 heavy (non-hydrogen) atoms. The average molecular weight is 305 g/mol. The molecule has 1 aromatic carbocycles. The van der Waals surface area contributed by atoms with Crippen LogP contribution in [0.15, 0.2) is 30.5 Å². The summed E-state index contributed by atoms with van der Waals surface area (Å²) in [5.74, 6) is 1.20. The number of fused-ring (bicyclic) bond motifs is 1. The monoisotopic (exact) mass is 305 g/mol. The molecule has 6 heteroatoms. The highest BCUT2D eigenvalue weighted by Gasteiger charge is 2.14. The molecule has 2 aromatic rings. The first-order chi connectivity index (χ1) is 10.2. The molecule has 0 aliphatic rings. The van der Waals surface area contributed by atoms with Gasteiger partial charge in [0.2, 0.25) is 0 Å². The zero-order valence-corrected chi connectivity index (χ0v) is 12.9. The molecule has 0 atom stereocenters. The zero-order chi connectivity index (χ0) is 15.1. The van der Waals surface area contributed by atoms with E-state index in [4.69, 9.17) is 0 Å². The zero-order valence-electron chi connectivity index (χ0n) is 12.0.